The minimum Gasteiger partial charge on any atom is -0.473 e. The van der Waals surface area contributed by atoms with Crippen molar-refractivity contribution in [2.45, 2.75) is 42.4 Å². The number of nitrogens with two attached hydrogens (primary N) is 1. The Kier molecular flexibility index (Phi) is 6.72. The van der Waals surface area contributed by atoms with Gasteiger partial charge in [-0.15, -0.1) is 11.8 Å². The van der Waals surface area contributed by atoms with Crippen LogP contribution in [0.4, 0.5) is 8.78 Å². The summed E-state index contributed by atoms with van der Waals surface area (Å²) < 4.78 is 40.0. The molecule has 2 aromatic carbocycles. The predicted octanol–water partition coefficient (Wildman–Crippen LogP) is 5.47. The Hall–Kier alpha value is -2.29. The van der Waals surface area contributed by atoms with Crippen molar-refractivity contribution in [2.24, 2.45) is 11.3 Å². The lowest BCUT2D eigenvalue weighted by Gasteiger charge is -2.35. The second-order valence-corrected chi connectivity index (χ2v) is 10.3. The molecule has 3 aromatic rings. The summed E-state index contributed by atoms with van der Waals surface area (Å²) >= 11 is 1.45. The molecule has 2 aliphatic rings. The van der Waals surface area contributed by atoms with Gasteiger partial charge in [0.1, 0.15) is 0 Å². The van der Waals surface area contributed by atoms with Crippen LogP contribution in [0, 0.1) is 17.0 Å². The molecule has 10 heteroatoms. The highest BCUT2D eigenvalue weighted by Gasteiger charge is 2.52. The highest BCUT2D eigenvalue weighted by atomic mass is 32.2. The van der Waals surface area contributed by atoms with Crippen LogP contribution in [0.2, 0.25) is 0 Å². The van der Waals surface area contributed by atoms with E-state index in [1.54, 1.807) is 11.1 Å². The summed E-state index contributed by atoms with van der Waals surface area (Å²) in [6.07, 6.45) is 3.05. The van der Waals surface area contributed by atoms with E-state index < -0.39 is 17.7 Å². The zero-order valence-corrected chi connectivity index (χ0v) is 21.0. The molecule has 1 aliphatic heterocycles. The first-order valence-electron chi connectivity index (χ1n) is 11.2. The number of rotatable bonds is 7. The summed E-state index contributed by atoms with van der Waals surface area (Å²) in [5.41, 5.74) is 1.22. The van der Waals surface area contributed by atoms with E-state index in [1.165, 1.54) is 24.1 Å². The molecular weight excluding hydrogens is 493 g/mol. The van der Waals surface area contributed by atoms with Gasteiger partial charge in [0.25, 0.3) is 0 Å². The molecule has 1 aliphatic carbocycles. The minimum absolute atomic E-state index is 0.149. The number of benzene rings is 2. The number of hydrogen-bond acceptors (Lipinski definition) is 7. The van der Waals surface area contributed by atoms with Gasteiger partial charge in [0.15, 0.2) is 17.4 Å². The SMILES string of the molecule is CC(c1occc(=O)c1OP)C1(CN(ON)C2c3ccccc3SCc3c2ccc(F)c3F)CC1. The van der Waals surface area contributed by atoms with Crippen molar-refractivity contribution in [2.75, 3.05) is 6.54 Å². The largest absolute Gasteiger partial charge is 0.473 e. The Bertz CT molecular complexity index is 1320. The normalized spacial score (nSPS) is 19.0. The molecule has 6 nitrogen and oxygen atoms in total. The lowest BCUT2D eigenvalue weighted by Crippen LogP contribution is -2.39. The molecular formula is C25H25F2N2O4PS. The summed E-state index contributed by atoms with van der Waals surface area (Å²) in [6, 6.07) is 11.2. The summed E-state index contributed by atoms with van der Waals surface area (Å²) in [4.78, 5) is 18.7. The van der Waals surface area contributed by atoms with Crippen LogP contribution in [-0.4, -0.2) is 11.6 Å². The summed E-state index contributed by atoms with van der Waals surface area (Å²) in [7, 11) is 2.10. The second-order valence-electron chi connectivity index (χ2n) is 9.02. The van der Waals surface area contributed by atoms with Crippen molar-refractivity contribution in [1.82, 2.24) is 5.06 Å². The van der Waals surface area contributed by atoms with Crippen molar-refractivity contribution in [3.05, 3.63) is 93.0 Å². The Morgan fingerprint density at radius 2 is 2.00 bits per heavy atom. The Morgan fingerprint density at radius 3 is 2.71 bits per heavy atom. The zero-order chi connectivity index (χ0) is 24.7. The van der Waals surface area contributed by atoms with Gasteiger partial charge in [-0.05, 0) is 41.5 Å². The molecule has 0 amide bonds. The van der Waals surface area contributed by atoms with Gasteiger partial charge in [-0.3, -0.25) is 4.79 Å². The van der Waals surface area contributed by atoms with Crippen LogP contribution in [-0.2, 0) is 10.7 Å². The highest BCUT2D eigenvalue weighted by Crippen LogP contribution is 2.58. The Labute approximate surface area is 208 Å². The third-order valence-electron chi connectivity index (χ3n) is 7.19. The summed E-state index contributed by atoms with van der Waals surface area (Å²) in [5.74, 6) is 4.80. The van der Waals surface area contributed by atoms with Crippen LogP contribution in [0.3, 0.4) is 0 Å². The van der Waals surface area contributed by atoms with Crippen molar-refractivity contribution >= 4 is 21.2 Å². The van der Waals surface area contributed by atoms with Gasteiger partial charge in [-0.2, -0.15) is 11.0 Å². The number of halogens is 2. The predicted molar refractivity (Wildman–Crippen MR) is 132 cm³/mol. The van der Waals surface area contributed by atoms with E-state index in [2.05, 4.69) is 9.47 Å². The maximum Gasteiger partial charge on any atom is 0.227 e. The molecule has 3 atom stereocenters. The number of thioether (sulfide) groups is 1. The molecule has 2 N–H and O–H groups in total. The van der Waals surface area contributed by atoms with Gasteiger partial charge in [0, 0.05) is 34.7 Å². The maximum atomic E-state index is 14.9. The highest BCUT2D eigenvalue weighted by molar-refractivity contribution is 7.98. The molecule has 0 bridgehead atoms. The number of hydroxylamine groups is 2. The third-order valence-corrected chi connectivity index (χ3v) is 8.54. The van der Waals surface area contributed by atoms with Gasteiger partial charge in [-0.25, -0.2) is 13.7 Å². The summed E-state index contributed by atoms with van der Waals surface area (Å²) in [6.45, 7) is 2.36. The second kappa shape index (κ2) is 9.64. The first kappa shape index (κ1) is 24.4. The zero-order valence-electron chi connectivity index (χ0n) is 19.0. The fraction of sp³-hybridized carbons (Fsp3) is 0.320. The van der Waals surface area contributed by atoms with Crippen molar-refractivity contribution < 1.29 is 22.7 Å². The maximum absolute atomic E-state index is 14.9. The van der Waals surface area contributed by atoms with E-state index >= 15 is 0 Å². The molecule has 3 unspecified atom stereocenters. The van der Waals surface area contributed by atoms with E-state index in [0.717, 1.165) is 29.4 Å². The first-order valence-corrected chi connectivity index (χ1v) is 12.7. The van der Waals surface area contributed by atoms with Gasteiger partial charge in [-0.1, -0.05) is 31.2 Å². The number of nitrogens with zero attached hydrogens (tertiary/aromatic N) is 1. The van der Waals surface area contributed by atoms with Gasteiger partial charge < -0.3 is 8.94 Å². The average molecular weight is 519 g/mol. The minimum atomic E-state index is -0.884. The van der Waals surface area contributed by atoms with Gasteiger partial charge in [0.2, 0.25) is 11.2 Å². The van der Waals surface area contributed by atoms with E-state index in [-0.39, 0.29) is 28.3 Å². The fourth-order valence-electron chi connectivity index (χ4n) is 4.98. The molecule has 2 heterocycles. The van der Waals surface area contributed by atoms with E-state index in [1.807, 2.05) is 31.2 Å². The molecule has 35 heavy (non-hydrogen) atoms. The summed E-state index contributed by atoms with van der Waals surface area (Å²) in [5, 5.41) is 1.63. The fourth-order valence-corrected chi connectivity index (χ4v) is 6.32. The molecule has 1 fully saturated rings. The third kappa shape index (κ3) is 4.30. The van der Waals surface area contributed by atoms with Gasteiger partial charge in [0.05, 0.1) is 21.8 Å². The van der Waals surface area contributed by atoms with Crippen LogP contribution in [0.5, 0.6) is 5.75 Å². The average Bonchev–Trinajstić information content (AvgIpc) is 3.67. The van der Waals surface area contributed by atoms with Crippen LogP contribution in [0.1, 0.15) is 54.2 Å². The lowest BCUT2D eigenvalue weighted by molar-refractivity contribution is -0.195. The molecule has 0 spiro atoms. The smallest absolute Gasteiger partial charge is 0.227 e. The van der Waals surface area contributed by atoms with E-state index in [0.29, 0.717) is 23.4 Å². The monoisotopic (exact) mass is 518 g/mol. The van der Waals surface area contributed by atoms with Crippen LogP contribution in [0.25, 0.3) is 0 Å². The molecule has 1 aromatic heterocycles. The quantitative estimate of drug-likeness (QED) is 0.328. The Balaban J connectivity index is 1.56. The van der Waals surface area contributed by atoms with Crippen LogP contribution >= 0.6 is 21.2 Å². The molecule has 0 saturated heterocycles. The van der Waals surface area contributed by atoms with Crippen LogP contribution in [0.15, 0.2) is 62.8 Å². The van der Waals surface area contributed by atoms with Crippen molar-refractivity contribution in [1.29, 1.82) is 0 Å². The molecule has 5 rings (SSSR count). The molecule has 1 saturated carbocycles. The molecule has 184 valence electrons. The topological polar surface area (TPSA) is 77.9 Å². The first-order chi connectivity index (χ1) is 16.9. The lowest BCUT2D eigenvalue weighted by atomic mass is 9.86. The standard InChI is InChI=1S/C25H25F2N2O4PS/c1-14(23-24(32-34)19(30)8-11-31-23)25(9-10-25)13-29(33-28)22-15-6-7-18(26)21(27)17(15)12-35-20-5-3-2-4-16(20)22/h2-8,11,14,22H,9-10,12-13,28,34H2,1H3. The van der Waals surface area contributed by atoms with Crippen molar-refractivity contribution in [3.63, 3.8) is 0 Å². The number of fused-ring (bicyclic) bond motifs is 2. The van der Waals surface area contributed by atoms with E-state index in [4.69, 9.17) is 19.8 Å². The Morgan fingerprint density at radius 1 is 1.23 bits per heavy atom. The van der Waals surface area contributed by atoms with Crippen LogP contribution < -0.4 is 15.8 Å². The van der Waals surface area contributed by atoms with E-state index in [9.17, 15) is 13.6 Å². The number of hydrogen-bond donors (Lipinski definition) is 1. The van der Waals surface area contributed by atoms with Crippen molar-refractivity contribution in [3.8, 4) is 5.75 Å². The molecule has 0 radical (unpaired) electrons. The van der Waals surface area contributed by atoms with Gasteiger partial charge >= 0.3 is 0 Å².